The van der Waals surface area contributed by atoms with Crippen LogP contribution in [0.2, 0.25) is 0 Å². The first-order valence-corrected chi connectivity index (χ1v) is 9.12. The van der Waals surface area contributed by atoms with Gasteiger partial charge in [0.15, 0.2) is 11.5 Å². The third-order valence-electron chi connectivity index (χ3n) is 4.11. The number of ether oxygens (including phenoxy) is 4. The molecule has 31 heavy (non-hydrogen) atoms. The number of nitrogens with two attached hydrogens (primary N) is 3. The van der Waals surface area contributed by atoms with Gasteiger partial charge in [-0.3, -0.25) is 4.79 Å². The van der Waals surface area contributed by atoms with Gasteiger partial charge in [-0.15, -0.1) is 0 Å². The zero-order valence-electron chi connectivity index (χ0n) is 18.3. The number of anilines is 1. The summed E-state index contributed by atoms with van der Waals surface area (Å²) in [6.45, 7) is 1.54. The molecule has 0 bridgehead atoms. The number of carbonyl (C=O) groups excluding carboxylic acids is 1. The number of rotatable bonds is 7. The number of primary amides is 1. The summed E-state index contributed by atoms with van der Waals surface area (Å²) in [6.07, 6.45) is 1.73. The molecule has 9 nitrogen and oxygen atoms in total. The fourth-order valence-corrected chi connectivity index (χ4v) is 2.43. The smallest absolute Gasteiger partial charge is 0.234 e. The number of nitriles is 1. The van der Waals surface area contributed by atoms with Crippen LogP contribution in [0.4, 0.5) is 5.69 Å². The molecule has 6 N–H and O–H groups in total. The van der Waals surface area contributed by atoms with Gasteiger partial charge in [0, 0.05) is 0 Å². The monoisotopic (exact) mass is 428 g/mol. The van der Waals surface area contributed by atoms with Gasteiger partial charge in [0.1, 0.15) is 5.75 Å². The second kappa shape index (κ2) is 11.9. The van der Waals surface area contributed by atoms with Gasteiger partial charge >= 0.3 is 0 Å². The van der Waals surface area contributed by atoms with Gasteiger partial charge in [0.2, 0.25) is 11.7 Å². The van der Waals surface area contributed by atoms with Crippen LogP contribution >= 0.6 is 0 Å². The van der Waals surface area contributed by atoms with E-state index >= 15 is 0 Å². The molecule has 9 heteroatoms. The molecule has 2 aromatic carbocycles. The Morgan fingerprint density at radius 2 is 1.52 bits per heavy atom. The van der Waals surface area contributed by atoms with Crippen molar-refractivity contribution in [2.24, 2.45) is 11.5 Å². The van der Waals surface area contributed by atoms with Crippen molar-refractivity contribution >= 4 is 23.2 Å². The van der Waals surface area contributed by atoms with Crippen LogP contribution in [-0.2, 0) is 4.79 Å². The average Bonchev–Trinajstić information content (AvgIpc) is 2.76. The van der Waals surface area contributed by atoms with E-state index in [4.69, 9.17) is 30.4 Å². The van der Waals surface area contributed by atoms with E-state index in [9.17, 15) is 10.1 Å². The van der Waals surface area contributed by atoms with Crippen LogP contribution in [0.3, 0.4) is 0 Å². The zero-order valence-corrected chi connectivity index (χ0v) is 18.3. The quantitative estimate of drug-likeness (QED) is 0.344. The average molecular weight is 428 g/mol. The number of methoxy groups -OCH3 is 4. The van der Waals surface area contributed by atoms with Crippen molar-refractivity contribution in [3.8, 4) is 29.1 Å². The lowest BCUT2D eigenvalue weighted by molar-refractivity contribution is -0.118. The molecular formula is C22H28N4O5. The molecule has 0 aliphatic heterocycles. The van der Waals surface area contributed by atoms with Crippen LogP contribution in [0.15, 0.2) is 30.3 Å². The second-order valence-corrected chi connectivity index (χ2v) is 6.28. The largest absolute Gasteiger partial charge is 0.495 e. The zero-order chi connectivity index (χ0) is 23.6. The highest BCUT2D eigenvalue weighted by atomic mass is 16.5. The molecule has 0 heterocycles. The molecular weight excluding hydrogens is 400 g/mol. The number of allylic oxidation sites excluding steroid dienone is 1. The lowest BCUT2D eigenvalue weighted by Gasteiger charge is -2.14. The van der Waals surface area contributed by atoms with Crippen LogP contribution in [0.25, 0.3) is 11.6 Å². The topological polar surface area (TPSA) is 156 Å². The molecule has 0 unspecified atom stereocenters. The molecule has 0 spiro atoms. The van der Waals surface area contributed by atoms with Gasteiger partial charge < -0.3 is 36.1 Å². The highest BCUT2D eigenvalue weighted by Gasteiger charge is 2.15. The number of hydrogen-bond acceptors (Lipinski definition) is 8. The first-order valence-electron chi connectivity index (χ1n) is 9.12. The maximum absolute atomic E-state index is 9.80. The van der Waals surface area contributed by atoms with Gasteiger partial charge in [-0.25, -0.2) is 0 Å². The molecule has 2 aromatic rings. The van der Waals surface area contributed by atoms with Crippen LogP contribution in [0.1, 0.15) is 18.1 Å². The molecule has 2 rings (SSSR count). The molecule has 1 amide bonds. The second-order valence-electron chi connectivity index (χ2n) is 6.28. The van der Waals surface area contributed by atoms with Gasteiger partial charge in [0.05, 0.1) is 51.8 Å². The number of nitrogens with zero attached hydrogens (tertiary/aromatic N) is 1. The SMILES string of the molecule is COc1ccc(C=C(C#N)c2cc(OC)c(OC)c(OC)c2)cc1N.C[C@@H](N)C(N)=O. The summed E-state index contributed by atoms with van der Waals surface area (Å²) >= 11 is 0. The lowest BCUT2D eigenvalue weighted by atomic mass is 10.0. The Hall–Kier alpha value is -3.90. The van der Waals surface area contributed by atoms with Crippen molar-refractivity contribution in [3.63, 3.8) is 0 Å². The Kier molecular flexibility index (Phi) is 9.69. The number of amides is 1. The molecule has 0 aromatic heterocycles. The number of benzene rings is 2. The number of carbonyl (C=O) groups is 1. The summed E-state index contributed by atoms with van der Waals surface area (Å²) in [4.78, 5) is 9.80. The first kappa shape index (κ1) is 25.1. The predicted molar refractivity (Wildman–Crippen MR) is 120 cm³/mol. The van der Waals surface area contributed by atoms with E-state index in [0.29, 0.717) is 39.8 Å². The van der Waals surface area contributed by atoms with E-state index in [2.05, 4.69) is 11.8 Å². The Bertz CT molecular complexity index is 955. The Morgan fingerprint density at radius 3 is 1.87 bits per heavy atom. The first-order chi connectivity index (χ1) is 14.7. The van der Waals surface area contributed by atoms with Crippen molar-refractivity contribution in [1.29, 1.82) is 5.26 Å². The third kappa shape index (κ3) is 6.83. The normalized spacial score (nSPS) is 11.3. The van der Waals surface area contributed by atoms with E-state index < -0.39 is 11.9 Å². The molecule has 0 saturated heterocycles. The molecule has 0 aliphatic rings. The molecule has 0 aliphatic carbocycles. The van der Waals surface area contributed by atoms with E-state index in [-0.39, 0.29) is 0 Å². The minimum Gasteiger partial charge on any atom is -0.495 e. The fourth-order valence-electron chi connectivity index (χ4n) is 2.43. The molecule has 0 fully saturated rings. The summed E-state index contributed by atoms with van der Waals surface area (Å²) in [5.74, 6) is 1.55. The molecule has 1 atom stereocenters. The van der Waals surface area contributed by atoms with Crippen LogP contribution in [0, 0.1) is 11.3 Å². The van der Waals surface area contributed by atoms with Gasteiger partial charge in [-0.2, -0.15) is 5.26 Å². The molecule has 0 radical (unpaired) electrons. The molecule has 166 valence electrons. The molecule has 0 saturated carbocycles. The third-order valence-corrected chi connectivity index (χ3v) is 4.11. The summed E-state index contributed by atoms with van der Waals surface area (Å²) in [7, 11) is 6.14. The van der Waals surface area contributed by atoms with Crippen molar-refractivity contribution in [2.45, 2.75) is 13.0 Å². The highest BCUT2D eigenvalue weighted by Crippen LogP contribution is 2.40. The minimum absolute atomic E-state index is 0.434. The van der Waals surface area contributed by atoms with E-state index in [1.807, 2.05) is 6.07 Å². The van der Waals surface area contributed by atoms with Crippen LogP contribution in [-0.4, -0.2) is 40.4 Å². The Labute approximate surface area is 181 Å². The lowest BCUT2D eigenvalue weighted by Crippen LogP contribution is -2.32. The maximum Gasteiger partial charge on any atom is 0.234 e. The van der Waals surface area contributed by atoms with Crippen LogP contribution in [0.5, 0.6) is 23.0 Å². The summed E-state index contributed by atoms with van der Waals surface area (Å²) in [5.41, 5.74) is 17.9. The predicted octanol–water partition coefficient (Wildman–Crippen LogP) is 2.19. The van der Waals surface area contributed by atoms with Gasteiger partial charge in [-0.1, -0.05) is 6.07 Å². The number of nitrogen functional groups attached to an aromatic ring is 1. The van der Waals surface area contributed by atoms with Crippen molar-refractivity contribution in [2.75, 3.05) is 34.2 Å². The fraction of sp³-hybridized carbons (Fsp3) is 0.273. The van der Waals surface area contributed by atoms with Crippen molar-refractivity contribution in [3.05, 3.63) is 41.5 Å². The Balaban J connectivity index is 0.000000703. The van der Waals surface area contributed by atoms with Crippen molar-refractivity contribution in [1.82, 2.24) is 0 Å². The summed E-state index contributed by atoms with van der Waals surface area (Å²) in [6, 6.07) is 10.5. The summed E-state index contributed by atoms with van der Waals surface area (Å²) < 4.78 is 21.1. The van der Waals surface area contributed by atoms with Crippen molar-refractivity contribution < 1.29 is 23.7 Å². The maximum atomic E-state index is 9.80. The number of hydrogen-bond donors (Lipinski definition) is 3. The van der Waals surface area contributed by atoms with E-state index in [1.165, 1.54) is 21.3 Å². The standard InChI is InChI=1S/C19H20N2O4.C3H8N2O/c1-22-16-6-5-12(8-15(16)21)7-14(11-20)13-9-17(23-2)19(25-4)18(10-13)24-3;1-2(4)3(5)6/h5-10H,21H2,1-4H3;2H,4H2,1H3,(H2,5,6)/t;2-/m.1/s1. The minimum atomic E-state index is -0.509. The van der Waals surface area contributed by atoms with E-state index in [1.54, 1.807) is 44.4 Å². The van der Waals surface area contributed by atoms with Crippen LogP contribution < -0.4 is 36.1 Å². The highest BCUT2D eigenvalue weighted by molar-refractivity contribution is 5.91. The van der Waals surface area contributed by atoms with Gasteiger partial charge in [0.25, 0.3) is 0 Å². The van der Waals surface area contributed by atoms with E-state index in [0.717, 1.165) is 5.56 Å². The van der Waals surface area contributed by atoms with Gasteiger partial charge in [-0.05, 0) is 48.4 Å². The Morgan fingerprint density at radius 1 is 1.00 bits per heavy atom. The summed E-state index contributed by atoms with van der Waals surface area (Å²) in [5, 5.41) is 9.58.